The molecule has 1 atom stereocenters. The fourth-order valence-electron chi connectivity index (χ4n) is 3.82. The zero-order valence-corrected chi connectivity index (χ0v) is 13.9. The number of nitrogens with zero attached hydrogens (tertiary/aromatic N) is 4. The molecule has 2 aliphatic heterocycles. The van der Waals surface area contributed by atoms with Crippen molar-refractivity contribution < 1.29 is 9.53 Å². The van der Waals surface area contributed by atoms with E-state index in [0.29, 0.717) is 6.42 Å². The van der Waals surface area contributed by atoms with Crippen molar-refractivity contribution in [3.05, 3.63) is 41.5 Å². The predicted molar refractivity (Wildman–Crippen MR) is 89.7 cm³/mol. The summed E-state index contributed by atoms with van der Waals surface area (Å²) in [7, 11) is 1.45. The van der Waals surface area contributed by atoms with E-state index >= 15 is 0 Å². The van der Waals surface area contributed by atoms with Crippen LogP contribution in [-0.2, 0) is 35.5 Å². The molecule has 0 N–H and O–H groups in total. The Morgan fingerprint density at radius 2 is 2.17 bits per heavy atom. The number of rotatable bonds is 3. The summed E-state index contributed by atoms with van der Waals surface area (Å²) in [6.45, 7) is 2.60. The molecule has 4 rings (SSSR count). The molecule has 126 valence electrons. The Morgan fingerprint density at radius 3 is 3.04 bits per heavy atom. The number of aryl methyl sites for hydroxylation is 1. The fraction of sp³-hybridized carbons (Fsp3) is 0.500. The monoisotopic (exact) mass is 326 g/mol. The van der Waals surface area contributed by atoms with Crippen LogP contribution in [0.15, 0.2) is 24.3 Å². The quantitative estimate of drug-likeness (QED) is 0.807. The van der Waals surface area contributed by atoms with E-state index < -0.39 is 0 Å². The van der Waals surface area contributed by atoms with E-state index in [2.05, 4.69) is 43.9 Å². The molecule has 1 aromatic carbocycles. The molecule has 1 unspecified atom stereocenters. The second-order valence-electron chi connectivity index (χ2n) is 6.55. The number of ether oxygens (including phenoxy) is 1. The van der Waals surface area contributed by atoms with Crippen LogP contribution in [-0.4, -0.2) is 34.4 Å². The van der Waals surface area contributed by atoms with Gasteiger partial charge in [-0.2, -0.15) is 0 Å². The number of hydrogen-bond acceptors (Lipinski definition) is 5. The van der Waals surface area contributed by atoms with Crippen molar-refractivity contribution in [3.8, 4) is 0 Å². The van der Waals surface area contributed by atoms with Crippen LogP contribution in [0.4, 0.5) is 5.69 Å². The molecule has 24 heavy (non-hydrogen) atoms. The maximum absolute atomic E-state index is 11.7. The Balaban J connectivity index is 1.54. The van der Waals surface area contributed by atoms with E-state index in [1.807, 2.05) is 0 Å². The lowest BCUT2D eigenvalue weighted by molar-refractivity contribution is -0.146. The number of para-hydroxylation sites is 1. The van der Waals surface area contributed by atoms with Crippen molar-refractivity contribution in [1.82, 2.24) is 14.8 Å². The topological polar surface area (TPSA) is 60.3 Å². The number of fused-ring (bicyclic) bond motifs is 2. The van der Waals surface area contributed by atoms with E-state index in [1.165, 1.54) is 24.8 Å². The molecule has 6 heteroatoms. The van der Waals surface area contributed by atoms with Gasteiger partial charge in [0.1, 0.15) is 5.82 Å². The van der Waals surface area contributed by atoms with Gasteiger partial charge in [0.25, 0.3) is 0 Å². The minimum Gasteiger partial charge on any atom is -0.469 e. The average molecular weight is 326 g/mol. The highest BCUT2D eigenvalue weighted by Crippen LogP contribution is 2.29. The number of methoxy groups -OCH3 is 1. The van der Waals surface area contributed by atoms with Crippen LogP contribution in [0.3, 0.4) is 0 Å². The van der Waals surface area contributed by atoms with Crippen LogP contribution in [0, 0.1) is 5.92 Å². The molecule has 0 radical (unpaired) electrons. The predicted octanol–water partition coefficient (Wildman–Crippen LogP) is 1.97. The number of aromatic nitrogens is 3. The highest BCUT2D eigenvalue weighted by atomic mass is 16.5. The smallest absolute Gasteiger partial charge is 0.309 e. The van der Waals surface area contributed by atoms with Gasteiger partial charge in [0.15, 0.2) is 5.82 Å². The molecule has 0 saturated heterocycles. The standard InChI is InChI=1S/C18H22N4O2/c1-24-18(23)14-8-10-22-16(11-14)19-20-17(22)12-21-9-4-6-13-5-2-3-7-15(13)21/h2-3,5,7,14H,4,6,8-12H2,1H3. The summed E-state index contributed by atoms with van der Waals surface area (Å²) < 4.78 is 7.04. The molecule has 3 heterocycles. The summed E-state index contributed by atoms with van der Waals surface area (Å²) in [4.78, 5) is 14.1. The summed E-state index contributed by atoms with van der Waals surface area (Å²) >= 11 is 0. The number of hydrogen-bond donors (Lipinski definition) is 0. The van der Waals surface area contributed by atoms with E-state index in [-0.39, 0.29) is 11.9 Å². The zero-order chi connectivity index (χ0) is 16.5. The van der Waals surface area contributed by atoms with Gasteiger partial charge in [0.05, 0.1) is 19.6 Å². The third kappa shape index (κ3) is 2.66. The van der Waals surface area contributed by atoms with Crippen LogP contribution in [0.2, 0.25) is 0 Å². The largest absolute Gasteiger partial charge is 0.469 e. The second-order valence-corrected chi connectivity index (χ2v) is 6.55. The van der Waals surface area contributed by atoms with E-state index in [9.17, 15) is 4.79 Å². The van der Waals surface area contributed by atoms with E-state index in [0.717, 1.165) is 44.1 Å². The van der Waals surface area contributed by atoms with Crippen molar-refractivity contribution in [2.24, 2.45) is 5.92 Å². The molecule has 0 spiro atoms. The van der Waals surface area contributed by atoms with E-state index in [4.69, 9.17) is 4.74 Å². The number of carbonyl (C=O) groups excluding carboxylic acids is 1. The van der Waals surface area contributed by atoms with E-state index in [1.54, 1.807) is 0 Å². The first-order valence-electron chi connectivity index (χ1n) is 8.58. The van der Waals surface area contributed by atoms with Crippen LogP contribution >= 0.6 is 0 Å². The van der Waals surface area contributed by atoms with Gasteiger partial charge in [-0.15, -0.1) is 10.2 Å². The van der Waals surface area contributed by atoms with Gasteiger partial charge >= 0.3 is 5.97 Å². The van der Waals surface area contributed by atoms with Crippen molar-refractivity contribution in [2.75, 3.05) is 18.6 Å². The van der Waals surface area contributed by atoms with Crippen LogP contribution in [0.25, 0.3) is 0 Å². The lowest BCUT2D eigenvalue weighted by Crippen LogP contribution is -2.32. The molecule has 2 aliphatic rings. The van der Waals surface area contributed by atoms with Crippen LogP contribution in [0.5, 0.6) is 0 Å². The summed E-state index contributed by atoms with van der Waals surface area (Å²) in [6, 6.07) is 8.60. The Labute approximate surface area is 141 Å². The molecule has 0 amide bonds. The van der Waals surface area contributed by atoms with Gasteiger partial charge in [-0.05, 0) is 30.9 Å². The fourth-order valence-corrected chi connectivity index (χ4v) is 3.82. The first-order chi connectivity index (χ1) is 11.8. The number of anilines is 1. The lowest BCUT2D eigenvalue weighted by Gasteiger charge is -2.31. The van der Waals surface area contributed by atoms with Crippen molar-refractivity contribution in [2.45, 2.75) is 38.8 Å². The zero-order valence-electron chi connectivity index (χ0n) is 13.9. The van der Waals surface area contributed by atoms with Crippen molar-refractivity contribution in [1.29, 1.82) is 0 Å². The van der Waals surface area contributed by atoms with Gasteiger partial charge in [-0.1, -0.05) is 18.2 Å². The number of carbonyl (C=O) groups is 1. The summed E-state index contributed by atoms with van der Waals surface area (Å²) in [5, 5.41) is 8.73. The Kier molecular flexibility index (Phi) is 3.96. The average Bonchev–Trinajstić information content (AvgIpc) is 3.03. The Bertz CT molecular complexity index is 755. The van der Waals surface area contributed by atoms with Crippen molar-refractivity contribution in [3.63, 3.8) is 0 Å². The normalized spacial score (nSPS) is 19.5. The first kappa shape index (κ1) is 15.2. The third-order valence-electron chi connectivity index (χ3n) is 5.11. The minimum absolute atomic E-state index is 0.0877. The van der Waals surface area contributed by atoms with Crippen LogP contribution in [0.1, 0.15) is 30.1 Å². The highest BCUT2D eigenvalue weighted by Gasteiger charge is 2.29. The van der Waals surface area contributed by atoms with Gasteiger partial charge < -0.3 is 14.2 Å². The summed E-state index contributed by atoms with van der Waals surface area (Å²) in [6.07, 6.45) is 3.73. The maximum Gasteiger partial charge on any atom is 0.309 e. The molecule has 6 nitrogen and oxygen atoms in total. The molecular formula is C18H22N4O2. The molecular weight excluding hydrogens is 304 g/mol. The molecule has 1 aromatic heterocycles. The number of esters is 1. The van der Waals surface area contributed by atoms with Gasteiger partial charge in [-0.3, -0.25) is 4.79 Å². The third-order valence-corrected chi connectivity index (χ3v) is 5.11. The lowest BCUT2D eigenvalue weighted by atomic mass is 9.98. The maximum atomic E-state index is 11.7. The molecule has 0 bridgehead atoms. The molecule has 0 saturated carbocycles. The van der Waals surface area contributed by atoms with Gasteiger partial charge in [0, 0.05) is 25.2 Å². The second kappa shape index (κ2) is 6.26. The number of benzene rings is 1. The Morgan fingerprint density at radius 1 is 1.29 bits per heavy atom. The van der Waals surface area contributed by atoms with Crippen LogP contribution < -0.4 is 4.90 Å². The summed E-state index contributed by atoms with van der Waals surface area (Å²) in [5.74, 6) is 1.66. The van der Waals surface area contributed by atoms with Gasteiger partial charge in [-0.25, -0.2) is 0 Å². The van der Waals surface area contributed by atoms with Crippen molar-refractivity contribution >= 4 is 11.7 Å². The first-order valence-corrected chi connectivity index (χ1v) is 8.58. The van der Waals surface area contributed by atoms with Gasteiger partial charge in [0.2, 0.25) is 0 Å². The SMILES string of the molecule is COC(=O)C1CCn2c(nnc2CN2CCCc3ccccc32)C1. The molecule has 0 aliphatic carbocycles. The molecule has 2 aromatic rings. The highest BCUT2D eigenvalue weighted by molar-refractivity contribution is 5.72. The Hall–Kier alpha value is -2.37. The minimum atomic E-state index is -0.143. The molecule has 0 fully saturated rings. The summed E-state index contributed by atoms with van der Waals surface area (Å²) in [5.41, 5.74) is 2.72.